The molecule has 1 aromatic rings. The topological polar surface area (TPSA) is 66.9 Å². The van der Waals surface area contributed by atoms with Gasteiger partial charge >= 0.3 is 0 Å². The number of carbonyl (C=O) groups excluding carboxylic acids is 1. The molecule has 3 rings (SSSR count). The average Bonchev–Trinajstić information content (AvgIpc) is 2.52. The molecule has 0 saturated carbocycles. The van der Waals surface area contributed by atoms with Crippen LogP contribution < -0.4 is 9.04 Å². The highest BCUT2D eigenvalue weighted by Gasteiger charge is 2.37. The fourth-order valence-electron chi connectivity index (χ4n) is 3.24. The van der Waals surface area contributed by atoms with Gasteiger partial charge in [-0.15, -0.1) is 0 Å². The molecule has 2 heterocycles. The van der Waals surface area contributed by atoms with E-state index < -0.39 is 16.1 Å². The van der Waals surface area contributed by atoms with Crippen LogP contribution in [0.3, 0.4) is 0 Å². The van der Waals surface area contributed by atoms with Crippen LogP contribution in [-0.2, 0) is 14.8 Å². The molecule has 2 aliphatic heterocycles. The first-order valence-corrected chi connectivity index (χ1v) is 9.73. The van der Waals surface area contributed by atoms with E-state index in [-0.39, 0.29) is 12.5 Å². The van der Waals surface area contributed by atoms with Gasteiger partial charge in [0.05, 0.1) is 18.5 Å². The van der Waals surface area contributed by atoms with Gasteiger partial charge in [0, 0.05) is 13.1 Å². The van der Waals surface area contributed by atoms with Gasteiger partial charge in [-0.2, -0.15) is 0 Å². The van der Waals surface area contributed by atoms with Crippen molar-refractivity contribution in [1.82, 2.24) is 4.90 Å². The lowest BCUT2D eigenvalue weighted by Crippen LogP contribution is -2.53. The van der Waals surface area contributed by atoms with Crippen LogP contribution >= 0.6 is 0 Å². The predicted octanol–water partition coefficient (Wildman–Crippen LogP) is 1.47. The van der Waals surface area contributed by atoms with Gasteiger partial charge in [-0.05, 0) is 30.9 Å². The smallest absolute Gasteiger partial charge is 0.265 e. The number of rotatable bonds is 2. The van der Waals surface area contributed by atoms with Gasteiger partial charge in [-0.25, -0.2) is 8.42 Å². The Morgan fingerprint density at radius 3 is 2.70 bits per heavy atom. The van der Waals surface area contributed by atoms with E-state index in [1.165, 1.54) is 4.31 Å². The summed E-state index contributed by atoms with van der Waals surface area (Å²) in [4.78, 5) is 14.6. The van der Waals surface area contributed by atoms with Crippen molar-refractivity contribution in [2.75, 3.05) is 30.2 Å². The molecule has 1 aromatic carbocycles. The zero-order valence-electron chi connectivity index (χ0n) is 13.4. The van der Waals surface area contributed by atoms with E-state index in [4.69, 9.17) is 4.74 Å². The molecule has 0 aromatic heterocycles. The van der Waals surface area contributed by atoms with Gasteiger partial charge in [0.1, 0.15) is 5.75 Å². The number of para-hydroxylation sites is 2. The van der Waals surface area contributed by atoms with Crippen molar-refractivity contribution >= 4 is 21.6 Å². The number of anilines is 1. The number of ether oxygens (including phenoxy) is 1. The average molecular weight is 338 g/mol. The molecule has 126 valence electrons. The number of amides is 1. The minimum absolute atomic E-state index is 0.0273. The summed E-state index contributed by atoms with van der Waals surface area (Å²) in [6, 6.07) is 6.93. The van der Waals surface area contributed by atoms with Crippen LogP contribution in [0.25, 0.3) is 0 Å². The highest BCUT2D eigenvalue weighted by molar-refractivity contribution is 7.92. The molecule has 1 amide bonds. The SMILES string of the molecule is CC1CCCN(C(=O)C2CN(S(C)(=O)=O)c3ccccc3O2)C1. The van der Waals surface area contributed by atoms with Crippen molar-refractivity contribution in [2.45, 2.75) is 25.9 Å². The van der Waals surface area contributed by atoms with Crippen LogP contribution in [0.4, 0.5) is 5.69 Å². The van der Waals surface area contributed by atoms with Crippen molar-refractivity contribution in [2.24, 2.45) is 5.92 Å². The molecule has 2 atom stereocenters. The van der Waals surface area contributed by atoms with E-state index in [0.717, 1.165) is 19.1 Å². The van der Waals surface area contributed by atoms with Gasteiger partial charge in [0.15, 0.2) is 6.10 Å². The van der Waals surface area contributed by atoms with Gasteiger partial charge in [0.25, 0.3) is 5.91 Å². The molecule has 2 unspecified atom stereocenters. The lowest BCUT2D eigenvalue weighted by atomic mass is 10.00. The largest absolute Gasteiger partial charge is 0.476 e. The third-order valence-electron chi connectivity index (χ3n) is 4.38. The molecule has 7 heteroatoms. The minimum atomic E-state index is -3.46. The maximum Gasteiger partial charge on any atom is 0.265 e. The van der Waals surface area contributed by atoms with Gasteiger partial charge in [0.2, 0.25) is 10.0 Å². The molecule has 0 aliphatic carbocycles. The lowest BCUT2D eigenvalue weighted by molar-refractivity contribution is -0.140. The summed E-state index contributed by atoms with van der Waals surface area (Å²) in [6.07, 6.45) is 2.46. The third-order valence-corrected chi connectivity index (χ3v) is 5.53. The summed E-state index contributed by atoms with van der Waals surface area (Å²) in [5.41, 5.74) is 0.492. The summed E-state index contributed by atoms with van der Waals surface area (Å²) in [6.45, 7) is 3.57. The van der Waals surface area contributed by atoms with Crippen molar-refractivity contribution in [3.63, 3.8) is 0 Å². The summed E-state index contributed by atoms with van der Waals surface area (Å²) in [5.74, 6) is 0.780. The fourth-order valence-corrected chi connectivity index (χ4v) is 4.15. The van der Waals surface area contributed by atoms with Crippen molar-refractivity contribution < 1.29 is 17.9 Å². The molecule has 23 heavy (non-hydrogen) atoms. The van der Waals surface area contributed by atoms with Gasteiger partial charge in [-0.1, -0.05) is 19.1 Å². The molecule has 0 radical (unpaired) electrons. The molecule has 0 N–H and O–H groups in total. The van der Waals surface area contributed by atoms with Crippen LogP contribution in [-0.4, -0.2) is 51.2 Å². The highest BCUT2D eigenvalue weighted by Crippen LogP contribution is 2.35. The van der Waals surface area contributed by atoms with E-state index in [1.807, 2.05) is 0 Å². The Hall–Kier alpha value is -1.76. The number of sulfonamides is 1. The predicted molar refractivity (Wildman–Crippen MR) is 88.0 cm³/mol. The molecule has 6 nitrogen and oxygen atoms in total. The molecule has 2 aliphatic rings. The first kappa shape index (κ1) is 16.1. The minimum Gasteiger partial charge on any atom is -0.476 e. The van der Waals surface area contributed by atoms with Gasteiger partial charge in [-0.3, -0.25) is 9.10 Å². The Morgan fingerprint density at radius 2 is 2.00 bits per heavy atom. The molecule has 1 saturated heterocycles. The summed E-state index contributed by atoms with van der Waals surface area (Å²) < 4.78 is 31.3. The van der Waals surface area contributed by atoms with E-state index in [0.29, 0.717) is 30.4 Å². The second-order valence-electron chi connectivity index (χ2n) is 6.40. The van der Waals surface area contributed by atoms with Crippen LogP contribution in [0.2, 0.25) is 0 Å². The Bertz CT molecular complexity index is 704. The second-order valence-corrected chi connectivity index (χ2v) is 8.31. The molecular weight excluding hydrogens is 316 g/mol. The Morgan fingerprint density at radius 1 is 1.26 bits per heavy atom. The van der Waals surface area contributed by atoms with E-state index in [2.05, 4.69) is 6.92 Å². The standard InChI is InChI=1S/C16H22N2O4S/c1-12-6-5-9-17(10-12)16(19)15-11-18(23(2,20)21)13-7-3-4-8-14(13)22-15/h3-4,7-8,12,15H,5-6,9-11H2,1-2H3. The number of fused-ring (bicyclic) bond motifs is 1. The molecule has 0 bridgehead atoms. The number of piperidine rings is 1. The zero-order valence-corrected chi connectivity index (χ0v) is 14.3. The molecular formula is C16H22N2O4S. The number of nitrogens with zero attached hydrogens (tertiary/aromatic N) is 2. The lowest BCUT2D eigenvalue weighted by Gasteiger charge is -2.38. The van der Waals surface area contributed by atoms with Crippen LogP contribution in [0.5, 0.6) is 5.75 Å². The normalized spacial score (nSPS) is 24.8. The molecule has 0 spiro atoms. The van der Waals surface area contributed by atoms with Crippen molar-refractivity contribution in [1.29, 1.82) is 0 Å². The number of likely N-dealkylation sites (tertiary alicyclic amines) is 1. The fraction of sp³-hybridized carbons (Fsp3) is 0.562. The van der Waals surface area contributed by atoms with Crippen molar-refractivity contribution in [3.05, 3.63) is 24.3 Å². The van der Waals surface area contributed by atoms with Crippen LogP contribution in [0.1, 0.15) is 19.8 Å². The highest BCUT2D eigenvalue weighted by atomic mass is 32.2. The van der Waals surface area contributed by atoms with Crippen molar-refractivity contribution in [3.8, 4) is 5.75 Å². The third kappa shape index (κ3) is 3.29. The Labute approximate surface area is 137 Å². The molecule has 1 fully saturated rings. The monoisotopic (exact) mass is 338 g/mol. The van der Waals surface area contributed by atoms with Crippen LogP contribution in [0, 0.1) is 5.92 Å². The summed E-state index contributed by atoms with van der Waals surface area (Å²) in [5, 5.41) is 0. The maximum atomic E-state index is 12.8. The summed E-state index contributed by atoms with van der Waals surface area (Å²) in [7, 11) is -3.46. The quantitative estimate of drug-likeness (QED) is 0.819. The Balaban J connectivity index is 1.86. The first-order chi connectivity index (χ1) is 10.9. The van der Waals surface area contributed by atoms with E-state index in [1.54, 1.807) is 29.2 Å². The maximum absolute atomic E-state index is 12.8. The van der Waals surface area contributed by atoms with E-state index in [9.17, 15) is 13.2 Å². The van der Waals surface area contributed by atoms with E-state index >= 15 is 0 Å². The second kappa shape index (κ2) is 6.03. The van der Waals surface area contributed by atoms with Gasteiger partial charge < -0.3 is 9.64 Å². The number of hydrogen-bond donors (Lipinski definition) is 0. The number of carbonyl (C=O) groups is 1. The number of hydrogen-bond acceptors (Lipinski definition) is 4. The Kier molecular flexibility index (Phi) is 4.23. The summed E-state index contributed by atoms with van der Waals surface area (Å²) >= 11 is 0. The number of benzene rings is 1. The van der Waals surface area contributed by atoms with Crippen LogP contribution in [0.15, 0.2) is 24.3 Å². The first-order valence-electron chi connectivity index (χ1n) is 7.88. The zero-order chi connectivity index (χ0) is 16.6.